The van der Waals surface area contributed by atoms with Crippen molar-refractivity contribution in [2.45, 2.75) is 6.92 Å². The second-order valence-electron chi connectivity index (χ2n) is 4.66. The Hall–Kier alpha value is -2.95. The van der Waals surface area contributed by atoms with Gasteiger partial charge in [0.15, 0.2) is 5.69 Å². The lowest BCUT2D eigenvalue weighted by atomic mass is 10.2. The van der Waals surface area contributed by atoms with E-state index in [1.165, 1.54) is 4.68 Å². The molecular formula is C16H13N3O2. The maximum atomic E-state index is 11.5. The highest BCUT2D eigenvalue weighted by molar-refractivity contribution is 5.88. The number of carbonyl (C=O) groups is 1. The van der Waals surface area contributed by atoms with Crippen LogP contribution in [-0.4, -0.2) is 25.8 Å². The van der Waals surface area contributed by atoms with Gasteiger partial charge in [0.05, 0.1) is 11.4 Å². The normalized spacial score (nSPS) is 10.5. The molecule has 1 N–H and O–H groups in total. The van der Waals surface area contributed by atoms with Crippen LogP contribution in [0.5, 0.6) is 0 Å². The summed E-state index contributed by atoms with van der Waals surface area (Å²) in [5.74, 6) is -1.01. The Morgan fingerprint density at radius 2 is 2.00 bits per heavy atom. The molecule has 0 radical (unpaired) electrons. The number of hydrogen-bond acceptors (Lipinski definition) is 3. The molecule has 21 heavy (non-hydrogen) atoms. The van der Waals surface area contributed by atoms with E-state index in [0.29, 0.717) is 5.69 Å². The number of aromatic carboxylic acids is 1. The maximum absolute atomic E-state index is 11.5. The molecule has 0 bridgehead atoms. The minimum atomic E-state index is -1.01. The molecule has 0 saturated carbocycles. The van der Waals surface area contributed by atoms with Crippen molar-refractivity contribution in [3.8, 4) is 16.9 Å². The van der Waals surface area contributed by atoms with E-state index in [2.05, 4.69) is 10.1 Å². The van der Waals surface area contributed by atoms with Gasteiger partial charge in [0, 0.05) is 18.0 Å². The zero-order chi connectivity index (χ0) is 14.8. The molecule has 0 aliphatic carbocycles. The van der Waals surface area contributed by atoms with Gasteiger partial charge >= 0.3 is 5.97 Å². The first kappa shape index (κ1) is 13.1. The molecule has 5 heteroatoms. The summed E-state index contributed by atoms with van der Waals surface area (Å²) in [7, 11) is 0. The van der Waals surface area contributed by atoms with Gasteiger partial charge in [-0.25, -0.2) is 9.48 Å². The fourth-order valence-electron chi connectivity index (χ4n) is 2.17. The molecule has 3 rings (SSSR count). The molecule has 0 amide bonds. The zero-order valence-electron chi connectivity index (χ0n) is 11.4. The lowest BCUT2D eigenvalue weighted by molar-refractivity contribution is 0.0687. The van der Waals surface area contributed by atoms with Crippen LogP contribution in [0.15, 0.2) is 54.9 Å². The number of benzene rings is 1. The van der Waals surface area contributed by atoms with Crippen LogP contribution in [0, 0.1) is 6.92 Å². The van der Waals surface area contributed by atoms with Crippen molar-refractivity contribution in [1.82, 2.24) is 14.8 Å². The van der Waals surface area contributed by atoms with E-state index in [1.54, 1.807) is 24.5 Å². The summed E-state index contributed by atoms with van der Waals surface area (Å²) in [6.07, 6.45) is 3.33. The van der Waals surface area contributed by atoms with E-state index in [4.69, 9.17) is 0 Å². The number of rotatable bonds is 3. The minimum absolute atomic E-state index is 0.128. The fourth-order valence-corrected chi connectivity index (χ4v) is 2.17. The molecule has 2 aromatic heterocycles. The van der Waals surface area contributed by atoms with Crippen molar-refractivity contribution in [1.29, 1.82) is 0 Å². The van der Waals surface area contributed by atoms with Crippen LogP contribution < -0.4 is 0 Å². The first-order valence-electron chi connectivity index (χ1n) is 6.46. The summed E-state index contributed by atoms with van der Waals surface area (Å²) in [6.45, 7) is 1.92. The summed E-state index contributed by atoms with van der Waals surface area (Å²) in [5, 5.41) is 13.8. The average molecular weight is 279 g/mol. The van der Waals surface area contributed by atoms with Gasteiger partial charge in [-0.3, -0.25) is 4.98 Å². The Labute approximate surface area is 121 Å². The Morgan fingerprint density at radius 3 is 2.67 bits per heavy atom. The average Bonchev–Trinajstić information content (AvgIpc) is 2.94. The summed E-state index contributed by atoms with van der Waals surface area (Å²) in [6, 6.07) is 12.7. The Morgan fingerprint density at radius 1 is 1.19 bits per heavy atom. The smallest absolute Gasteiger partial charge is 0.354 e. The number of para-hydroxylation sites is 1. The van der Waals surface area contributed by atoms with Crippen LogP contribution in [0.4, 0.5) is 0 Å². The summed E-state index contributed by atoms with van der Waals surface area (Å²) in [5.41, 5.74) is 3.21. The number of carboxylic acids is 1. The molecule has 5 nitrogen and oxygen atoms in total. The molecule has 2 heterocycles. The molecule has 104 valence electrons. The van der Waals surface area contributed by atoms with Crippen LogP contribution in [0.2, 0.25) is 0 Å². The second-order valence-corrected chi connectivity index (χ2v) is 4.66. The predicted molar refractivity (Wildman–Crippen MR) is 78.5 cm³/mol. The number of carboxylic acid groups (broad SMARTS) is 1. The lowest BCUT2D eigenvalue weighted by Crippen LogP contribution is -2.08. The van der Waals surface area contributed by atoms with Crippen molar-refractivity contribution < 1.29 is 9.90 Å². The van der Waals surface area contributed by atoms with Gasteiger partial charge < -0.3 is 5.11 Å². The van der Waals surface area contributed by atoms with Crippen molar-refractivity contribution >= 4 is 5.97 Å². The van der Waals surface area contributed by atoms with E-state index in [1.807, 2.05) is 37.3 Å². The fraction of sp³-hybridized carbons (Fsp3) is 0.0625. The Balaban J connectivity index is 2.19. The third kappa shape index (κ3) is 2.41. The quantitative estimate of drug-likeness (QED) is 0.800. The van der Waals surface area contributed by atoms with Gasteiger partial charge in [0.2, 0.25) is 0 Å². The van der Waals surface area contributed by atoms with Crippen LogP contribution in [-0.2, 0) is 0 Å². The maximum Gasteiger partial charge on any atom is 0.354 e. The van der Waals surface area contributed by atoms with Gasteiger partial charge in [-0.1, -0.05) is 18.2 Å². The predicted octanol–water partition coefficient (Wildman–Crippen LogP) is 2.94. The minimum Gasteiger partial charge on any atom is -0.477 e. The lowest BCUT2D eigenvalue weighted by Gasteiger charge is -2.07. The van der Waals surface area contributed by atoms with Gasteiger partial charge in [-0.15, -0.1) is 0 Å². The number of aromatic nitrogens is 3. The van der Waals surface area contributed by atoms with Crippen LogP contribution >= 0.6 is 0 Å². The SMILES string of the molecule is Cc1ccccc1-n1nc(-c2cccnc2)cc1C(=O)O. The highest BCUT2D eigenvalue weighted by atomic mass is 16.4. The molecule has 0 atom stereocenters. The molecule has 0 aliphatic heterocycles. The monoisotopic (exact) mass is 279 g/mol. The van der Waals surface area contributed by atoms with Crippen molar-refractivity contribution in [2.24, 2.45) is 0 Å². The van der Waals surface area contributed by atoms with E-state index in [-0.39, 0.29) is 5.69 Å². The number of hydrogen-bond donors (Lipinski definition) is 1. The van der Waals surface area contributed by atoms with E-state index >= 15 is 0 Å². The molecular weight excluding hydrogens is 266 g/mol. The van der Waals surface area contributed by atoms with Crippen LogP contribution in [0.3, 0.4) is 0 Å². The highest BCUT2D eigenvalue weighted by Crippen LogP contribution is 2.22. The molecule has 0 spiro atoms. The Bertz CT molecular complexity index is 794. The third-order valence-electron chi connectivity index (χ3n) is 3.23. The topological polar surface area (TPSA) is 68.0 Å². The number of aryl methyl sites for hydroxylation is 1. The molecule has 0 unspecified atom stereocenters. The van der Waals surface area contributed by atoms with Gasteiger partial charge in [0.25, 0.3) is 0 Å². The van der Waals surface area contributed by atoms with Gasteiger partial charge in [-0.2, -0.15) is 5.10 Å². The third-order valence-corrected chi connectivity index (χ3v) is 3.23. The summed E-state index contributed by atoms with van der Waals surface area (Å²) < 4.78 is 1.46. The highest BCUT2D eigenvalue weighted by Gasteiger charge is 2.17. The Kier molecular flexibility index (Phi) is 3.23. The largest absolute Gasteiger partial charge is 0.477 e. The van der Waals surface area contributed by atoms with Crippen LogP contribution in [0.1, 0.15) is 16.1 Å². The molecule has 0 fully saturated rings. The summed E-state index contributed by atoms with van der Waals surface area (Å²) >= 11 is 0. The zero-order valence-corrected chi connectivity index (χ0v) is 11.4. The number of nitrogens with zero attached hydrogens (tertiary/aromatic N) is 3. The van der Waals surface area contributed by atoms with Crippen molar-refractivity contribution in [3.05, 3.63) is 66.1 Å². The van der Waals surface area contributed by atoms with Crippen molar-refractivity contribution in [3.63, 3.8) is 0 Å². The molecule has 1 aromatic carbocycles. The summed E-state index contributed by atoms with van der Waals surface area (Å²) in [4.78, 5) is 15.5. The standard InChI is InChI=1S/C16H13N3O2/c1-11-5-2-3-7-14(11)19-15(16(20)21)9-13(18-19)12-6-4-8-17-10-12/h2-10H,1H3,(H,20,21). The van der Waals surface area contributed by atoms with Gasteiger partial charge in [-0.05, 0) is 36.8 Å². The molecule has 0 aliphatic rings. The first-order valence-corrected chi connectivity index (χ1v) is 6.46. The number of pyridine rings is 1. The van der Waals surface area contributed by atoms with Crippen LogP contribution in [0.25, 0.3) is 16.9 Å². The first-order chi connectivity index (χ1) is 10.2. The van der Waals surface area contributed by atoms with Gasteiger partial charge in [0.1, 0.15) is 0 Å². The van der Waals surface area contributed by atoms with E-state index in [9.17, 15) is 9.90 Å². The molecule has 3 aromatic rings. The molecule has 0 saturated heterocycles. The van der Waals surface area contributed by atoms with E-state index in [0.717, 1.165) is 16.8 Å². The van der Waals surface area contributed by atoms with Crippen molar-refractivity contribution in [2.75, 3.05) is 0 Å². The second kappa shape index (κ2) is 5.20. The van der Waals surface area contributed by atoms with E-state index < -0.39 is 5.97 Å².